The van der Waals surface area contributed by atoms with E-state index in [1.54, 1.807) is 0 Å². The molecule has 2 rings (SSSR count). The van der Waals surface area contributed by atoms with Gasteiger partial charge < -0.3 is 9.88 Å². The Kier molecular flexibility index (Phi) is 1.95. The fourth-order valence-electron chi connectivity index (χ4n) is 1.70. The highest BCUT2D eigenvalue weighted by Crippen LogP contribution is 2.17. The minimum Gasteiger partial charge on any atom is -0.351 e. The molecule has 1 aromatic heterocycles. The van der Waals surface area contributed by atoms with Crippen LogP contribution in [-0.2, 0) is 0 Å². The Bertz CT molecular complexity index is 197. The van der Waals surface area contributed by atoms with Crippen LogP contribution in [0.2, 0.25) is 0 Å². The largest absolute Gasteiger partial charge is 0.351 e. The van der Waals surface area contributed by atoms with Crippen molar-refractivity contribution in [3.05, 3.63) is 24.5 Å². The lowest BCUT2D eigenvalue weighted by Crippen LogP contribution is -2.28. The van der Waals surface area contributed by atoms with Gasteiger partial charge in [-0.2, -0.15) is 0 Å². The number of hydrogen-bond donors (Lipinski definition) is 1. The average molecular weight is 150 g/mol. The third-order valence-corrected chi connectivity index (χ3v) is 2.36. The topological polar surface area (TPSA) is 17.0 Å². The Morgan fingerprint density at radius 3 is 2.36 bits per heavy atom. The Hall–Kier alpha value is -0.760. The predicted molar refractivity (Wildman–Crippen MR) is 45.6 cm³/mol. The molecule has 1 saturated heterocycles. The quantitative estimate of drug-likeness (QED) is 0.640. The molecular formula is C9H14N2. The summed E-state index contributed by atoms with van der Waals surface area (Å²) in [5, 5.41) is 3.36. The monoisotopic (exact) mass is 150 g/mol. The van der Waals surface area contributed by atoms with Gasteiger partial charge in [-0.25, -0.2) is 0 Å². The molecule has 0 bridgehead atoms. The first-order chi connectivity index (χ1) is 5.47. The maximum Gasteiger partial charge on any atom is 0.0354 e. The van der Waals surface area contributed by atoms with Gasteiger partial charge in [0.05, 0.1) is 0 Å². The number of rotatable bonds is 1. The molecule has 2 heteroatoms. The summed E-state index contributed by atoms with van der Waals surface area (Å²) >= 11 is 0. The van der Waals surface area contributed by atoms with E-state index in [0.717, 1.165) is 6.04 Å². The zero-order chi connectivity index (χ0) is 7.52. The third-order valence-electron chi connectivity index (χ3n) is 2.36. The SMILES string of the molecule is c1ccn(C2CCNCC2)c1. The van der Waals surface area contributed by atoms with E-state index in [9.17, 15) is 0 Å². The molecule has 0 amide bonds. The van der Waals surface area contributed by atoms with E-state index in [1.165, 1.54) is 25.9 Å². The molecule has 1 aromatic rings. The maximum atomic E-state index is 3.36. The van der Waals surface area contributed by atoms with Crippen LogP contribution in [0.3, 0.4) is 0 Å². The molecule has 0 unspecified atom stereocenters. The van der Waals surface area contributed by atoms with Crippen molar-refractivity contribution < 1.29 is 0 Å². The molecule has 1 aliphatic heterocycles. The molecule has 0 spiro atoms. The molecule has 60 valence electrons. The van der Waals surface area contributed by atoms with Gasteiger partial charge in [-0.3, -0.25) is 0 Å². The van der Waals surface area contributed by atoms with Crippen LogP contribution in [0, 0.1) is 0 Å². The molecule has 2 heterocycles. The molecule has 0 aromatic carbocycles. The molecule has 0 radical (unpaired) electrons. The second kappa shape index (κ2) is 3.09. The summed E-state index contributed by atoms with van der Waals surface area (Å²) in [6.07, 6.45) is 6.87. The van der Waals surface area contributed by atoms with Gasteiger partial charge in [-0.05, 0) is 38.1 Å². The third kappa shape index (κ3) is 1.46. The summed E-state index contributed by atoms with van der Waals surface area (Å²) in [6.45, 7) is 2.34. The molecule has 0 atom stereocenters. The second-order valence-corrected chi connectivity index (χ2v) is 3.11. The highest BCUT2D eigenvalue weighted by Gasteiger charge is 2.12. The fraction of sp³-hybridized carbons (Fsp3) is 0.556. The standard InChI is InChI=1S/C9H14N2/c1-2-8-11(7-1)9-3-5-10-6-4-9/h1-2,7-10H,3-6H2. The van der Waals surface area contributed by atoms with Gasteiger partial charge in [0, 0.05) is 18.4 Å². The van der Waals surface area contributed by atoms with Crippen LogP contribution in [0.25, 0.3) is 0 Å². The van der Waals surface area contributed by atoms with E-state index < -0.39 is 0 Å². The van der Waals surface area contributed by atoms with Gasteiger partial charge >= 0.3 is 0 Å². The number of aromatic nitrogens is 1. The zero-order valence-electron chi connectivity index (χ0n) is 6.66. The summed E-state index contributed by atoms with van der Waals surface area (Å²) in [5.41, 5.74) is 0. The van der Waals surface area contributed by atoms with Crippen molar-refractivity contribution in [3.63, 3.8) is 0 Å². The number of hydrogen-bond acceptors (Lipinski definition) is 1. The lowest BCUT2D eigenvalue weighted by molar-refractivity contribution is 0.369. The zero-order valence-corrected chi connectivity index (χ0v) is 6.66. The molecule has 1 aliphatic rings. The lowest BCUT2D eigenvalue weighted by Gasteiger charge is -2.23. The van der Waals surface area contributed by atoms with Crippen LogP contribution in [0.4, 0.5) is 0 Å². The van der Waals surface area contributed by atoms with Gasteiger partial charge in [0.15, 0.2) is 0 Å². The van der Waals surface area contributed by atoms with Gasteiger partial charge in [-0.15, -0.1) is 0 Å². The van der Waals surface area contributed by atoms with Crippen LogP contribution in [0.15, 0.2) is 24.5 Å². The number of piperidine rings is 1. The van der Waals surface area contributed by atoms with E-state index in [4.69, 9.17) is 0 Å². The van der Waals surface area contributed by atoms with Gasteiger partial charge in [-0.1, -0.05) is 0 Å². The molecule has 2 nitrogen and oxygen atoms in total. The minimum absolute atomic E-state index is 0.742. The van der Waals surface area contributed by atoms with Crippen molar-refractivity contribution >= 4 is 0 Å². The highest BCUT2D eigenvalue weighted by atomic mass is 15.0. The highest BCUT2D eigenvalue weighted by molar-refractivity contribution is 4.93. The van der Waals surface area contributed by atoms with Gasteiger partial charge in [0.25, 0.3) is 0 Å². The van der Waals surface area contributed by atoms with E-state index in [2.05, 4.69) is 34.4 Å². The van der Waals surface area contributed by atoms with Crippen molar-refractivity contribution in [1.29, 1.82) is 0 Å². The van der Waals surface area contributed by atoms with Crippen molar-refractivity contribution in [2.24, 2.45) is 0 Å². The Morgan fingerprint density at radius 2 is 1.73 bits per heavy atom. The predicted octanol–water partition coefficient (Wildman–Crippen LogP) is 1.41. The van der Waals surface area contributed by atoms with E-state index in [-0.39, 0.29) is 0 Å². The Morgan fingerprint density at radius 1 is 1.09 bits per heavy atom. The molecular weight excluding hydrogens is 136 g/mol. The molecule has 11 heavy (non-hydrogen) atoms. The molecule has 1 fully saturated rings. The summed E-state index contributed by atoms with van der Waals surface area (Å²) in [5.74, 6) is 0. The molecule has 0 saturated carbocycles. The lowest BCUT2D eigenvalue weighted by atomic mass is 10.1. The summed E-state index contributed by atoms with van der Waals surface area (Å²) < 4.78 is 2.32. The first-order valence-electron chi connectivity index (χ1n) is 4.30. The normalized spacial score (nSPS) is 20.4. The number of nitrogens with one attached hydrogen (secondary N) is 1. The summed E-state index contributed by atoms with van der Waals surface area (Å²) in [4.78, 5) is 0. The van der Waals surface area contributed by atoms with E-state index in [0.29, 0.717) is 0 Å². The van der Waals surface area contributed by atoms with E-state index in [1.807, 2.05) is 0 Å². The van der Waals surface area contributed by atoms with Crippen LogP contribution in [0.1, 0.15) is 18.9 Å². The summed E-state index contributed by atoms with van der Waals surface area (Å²) in [6, 6.07) is 4.94. The first-order valence-corrected chi connectivity index (χ1v) is 4.30. The minimum atomic E-state index is 0.742. The van der Waals surface area contributed by atoms with Crippen LogP contribution < -0.4 is 5.32 Å². The summed E-state index contributed by atoms with van der Waals surface area (Å²) in [7, 11) is 0. The fourth-order valence-corrected chi connectivity index (χ4v) is 1.70. The molecule has 0 aliphatic carbocycles. The van der Waals surface area contributed by atoms with Crippen LogP contribution in [-0.4, -0.2) is 17.7 Å². The smallest absolute Gasteiger partial charge is 0.0354 e. The van der Waals surface area contributed by atoms with Gasteiger partial charge in [0.2, 0.25) is 0 Å². The van der Waals surface area contributed by atoms with Crippen LogP contribution >= 0.6 is 0 Å². The Labute approximate surface area is 67.2 Å². The molecule has 1 N–H and O–H groups in total. The maximum absolute atomic E-state index is 3.36. The first kappa shape index (κ1) is 6.92. The van der Waals surface area contributed by atoms with Crippen LogP contribution in [0.5, 0.6) is 0 Å². The second-order valence-electron chi connectivity index (χ2n) is 3.11. The van der Waals surface area contributed by atoms with Gasteiger partial charge in [0.1, 0.15) is 0 Å². The van der Waals surface area contributed by atoms with E-state index >= 15 is 0 Å². The Balaban J connectivity index is 2.04. The van der Waals surface area contributed by atoms with Crippen molar-refractivity contribution in [1.82, 2.24) is 9.88 Å². The van der Waals surface area contributed by atoms with Crippen molar-refractivity contribution in [2.75, 3.05) is 13.1 Å². The van der Waals surface area contributed by atoms with Crippen molar-refractivity contribution in [3.8, 4) is 0 Å². The average Bonchev–Trinajstić information content (AvgIpc) is 2.58. The van der Waals surface area contributed by atoms with Crippen molar-refractivity contribution in [2.45, 2.75) is 18.9 Å². The number of nitrogens with zero attached hydrogens (tertiary/aromatic N) is 1.